The molecule has 2 aliphatic heterocycles. The van der Waals surface area contributed by atoms with Gasteiger partial charge in [0.2, 0.25) is 0 Å². The van der Waals surface area contributed by atoms with Crippen molar-refractivity contribution in [2.75, 3.05) is 9.80 Å². The Morgan fingerprint density at radius 2 is 1.69 bits per heavy atom. The van der Waals surface area contributed by atoms with Gasteiger partial charge in [-0.05, 0) is 131 Å². The van der Waals surface area contributed by atoms with Gasteiger partial charge in [0.05, 0.1) is 5.69 Å². The van der Waals surface area contributed by atoms with Crippen molar-refractivity contribution >= 4 is 46.6 Å². The van der Waals surface area contributed by atoms with Crippen LogP contribution in [0.3, 0.4) is 0 Å². The highest BCUT2D eigenvalue weighted by molar-refractivity contribution is 7.80. The number of carbonyl (C=O) groups is 2. The van der Waals surface area contributed by atoms with Gasteiger partial charge in [0.1, 0.15) is 5.57 Å². The summed E-state index contributed by atoms with van der Waals surface area (Å²) >= 11 is 5.39. The number of nitrogens with zero attached hydrogens (tertiary/aromatic N) is 2. The molecule has 2 aromatic carbocycles. The van der Waals surface area contributed by atoms with E-state index in [0.717, 1.165) is 28.7 Å². The van der Waals surface area contributed by atoms with E-state index in [0.29, 0.717) is 17.6 Å². The number of amides is 2. The summed E-state index contributed by atoms with van der Waals surface area (Å²) in [6, 6.07) is 10.6. The Kier molecular flexibility index (Phi) is 6.39. The quantitative estimate of drug-likeness (QED) is 0.329. The molecular weight excluding hydrogens is 454 g/mol. The topological polar surface area (TPSA) is 52.7 Å². The van der Waals surface area contributed by atoms with Crippen LogP contribution in [0.5, 0.6) is 0 Å². The monoisotopic (exact) mass is 489 g/mol. The first-order chi connectivity index (χ1) is 16.3. The van der Waals surface area contributed by atoms with Crippen molar-refractivity contribution < 1.29 is 9.59 Å². The SMILES string of the molecule is Cc1cc(C)cc(N2C(=O)/C(=C/c3cc4c(cc3C)N(C(C)C)C(C)(C)C[C@H]4C)C(=O)NC2=S)c1. The van der Waals surface area contributed by atoms with E-state index >= 15 is 0 Å². The van der Waals surface area contributed by atoms with Gasteiger partial charge < -0.3 is 4.90 Å². The minimum atomic E-state index is -0.462. The Hall–Kier alpha value is -2.99. The number of nitrogens with one attached hydrogen (secondary N) is 1. The number of carbonyl (C=O) groups excluding carboxylic acids is 2. The fourth-order valence-corrected chi connectivity index (χ4v) is 6.15. The van der Waals surface area contributed by atoms with Crippen molar-refractivity contribution in [3.8, 4) is 0 Å². The molecule has 0 spiro atoms. The van der Waals surface area contributed by atoms with Gasteiger partial charge in [-0.2, -0.15) is 0 Å². The predicted molar refractivity (Wildman–Crippen MR) is 148 cm³/mol. The lowest BCUT2D eigenvalue weighted by Gasteiger charge is -2.50. The Morgan fingerprint density at radius 3 is 2.29 bits per heavy atom. The van der Waals surface area contributed by atoms with E-state index in [-0.39, 0.29) is 16.2 Å². The Bertz CT molecular complexity index is 1250. The van der Waals surface area contributed by atoms with Crippen LogP contribution in [0.15, 0.2) is 35.9 Å². The highest BCUT2D eigenvalue weighted by atomic mass is 32.1. The second kappa shape index (κ2) is 8.90. The zero-order valence-corrected chi connectivity index (χ0v) is 22.8. The van der Waals surface area contributed by atoms with Crippen molar-refractivity contribution in [1.29, 1.82) is 0 Å². The van der Waals surface area contributed by atoms with Crippen LogP contribution in [0.25, 0.3) is 6.08 Å². The molecule has 0 saturated carbocycles. The van der Waals surface area contributed by atoms with E-state index in [1.54, 1.807) is 6.08 Å². The number of hydrogen-bond acceptors (Lipinski definition) is 4. The molecule has 0 aliphatic carbocycles. The number of fused-ring (bicyclic) bond motifs is 1. The zero-order chi connectivity index (χ0) is 25.8. The van der Waals surface area contributed by atoms with Crippen LogP contribution in [-0.4, -0.2) is 28.5 Å². The van der Waals surface area contributed by atoms with Gasteiger partial charge in [-0.25, -0.2) is 0 Å². The smallest absolute Gasteiger partial charge is 0.270 e. The maximum absolute atomic E-state index is 13.6. The molecule has 2 aromatic rings. The van der Waals surface area contributed by atoms with E-state index in [1.807, 2.05) is 39.0 Å². The van der Waals surface area contributed by atoms with Gasteiger partial charge in [-0.1, -0.05) is 13.0 Å². The van der Waals surface area contributed by atoms with Crippen LogP contribution >= 0.6 is 12.2 Å². The second-order valence-corrected chi connectivity index (χ2v) is 11.3. The normalized spacial score (nSPS) is 21.0. The van der Waals surface area contributed by atoms with E-state index in [9.17, 15) is 9.59 Å². The van der Waals surface area contributed by atoms with Crippen molar-refractivity contribution in [2.45, 2.75) is 79.3 Å². The summed E-state index contributed by atoms with van der Waals surface area (Å²) in [5.74, 6) is -0.502. The molecule has 1 atom stereocenters. The van der Waals surface area contributed by atoms with Gasteiger partial charge >= 0.3 is 0 Å². The first kappa shape index (κ1) is 25.1. The molecule has 0 aromatic heterocycles. The van der Waals surface area contributed by atoms with E-state index in [2.05, 4.69) is 57.0 Å². The molecule has 35 heavy (non-hydrogen) atoms. The largest absolute Gasteiger partial charge is 0.364 e. The molecule has 2 amide bonds. The molecule has 0 unspecified atom stereocenters. The highest BCUT2D eigenvalue weighted by Crippen LogP contribution is 2.45. The fourth-order valence-electron chi connectivity index (χ4n) is 5.87. The summed E-state index contributed by atoms with van der Waals surface area (Å²) in [5, 5.41) is 2.82. The molecular formula is C29H35N3O2S. The molecule has 184 valence electrons. The number of hydrogen-bond donors (Lipinski definition) is 1. The fraction of sp³-hybridized carbons (Fsp3) is 0.414. The summed E-state index contributed by atoms with van der Waals surface area (Å²) in [5.41, 5.74) is 7.24. The van der Waals surface area contributed by atoms with Gasteiger partial charge in [0.15, 0.2) is 5.11 Å². The van der Waals surface area contributed by atoms with Gasteiger partial charge in [0, 0.05) is 17.3 Å². The summed E-state index contributed by atoms with van der Waals surface area (Å²) in [4.78, 5) is 30.4. The van der Waals surface area contributed by atoms with Crippen LogP contribution < -0.4 is 15.1 Å². The van der Waals surface area contributed by atoms with E-state index in [4.69, 9.17) is 12.2 Å². The third kappa shape index (κ3) is 4.52. The van der Waals surface area contributed by atoms with Crippen LogP contribution in [0.4, 0.5) is 11.4 Å². The summed E-state index contributed by atoms with van der Waals surface area (Å²) in [7, 11) is 0. The minimum absolute atomic E-state index is 0.0500. The molecule has 1 N–H and O–H groups in total. The third-order valence-corrected chi connectivity index (χ3v) is 7.33. The van der Waals surface area contributed by atoms with Gasteiger partial charge in [-0.15, -0.1) is 0 Å². The molecule has 0 radical (unpaired) electrons. The maximum Gasteiger partial charge on any atom is 0.270 e. The van der Waals surface area contributed by atoms with Crippen LogP contribution in [0.1, 0.15) is 74.8 Å². The summed E-state index contributed by atoms with van der Waals surface area (Å²) in [6.45, 7) is 17.3. The molecule has 1 fully saturated rings. The number of thiocarbonyl (C=S) groups is 1. The Balaban J connectivity index is 1.80. The Morgan fingerprint density at radius 1 is 1.06 bits per heavy atom. The summed E-state index contributed by atoms with van der Waals surface area (Å²) < 4.78 is 0. The minimum Gasteiger partial charge on any atom is -0.364 e. The molecule has 2 aliphatic rings. The average Bonchev–Trinajstić information content (AvgIpc) is 2.69. The van der Waals surface area contributed by atoms with Crippen LogP contribution in [0, 0.1) is 20.8 Å². The molecule has 4 rings (SSSR count). The molecule has 5 nitrogen and oxygen atoms in total. The second-order valence-electron chi connectivity index (χ2n) is 11.0. The zero-order valence-electron chi connectivity index (χ0n) is 21.9. The molecule has 1 saturated heterocycles. The predicted octanol–water partition coefficient (Wildman–Crippen LogP) is 5.94. The summed E-state index contributed by atoms with van der Waals surface area (Å²) in [6.07, 6.45) is 2.75. The van der Waals surface area contributed by atoms with E-state index < -0.39 is 11.8 Å². The lowest BCUT2D eigenvalue weighted by molar-refractivity contribution is -0.122. The number of anilines is 2. The van der Waals surface area contributed by atoms with Crippen molar-refractivity contribution in [2.24, 2.45) is 0 Å². The number of rotatable bonds is 3. The van der Waals surface area contributed by atoms with Crippen LogP contribution in [0.2, 0.25) is 0 Å². The van der Waals surface area contributed by atoms with Crippen molar-refractivity contribution in [3.05, 3.63) is 63.7 Å². The van der Waals surface area contributed by atoms with Crippen LogP contribution in [-0.2, 0) is 9.59 Å². The number of benzene rings is 2. The Labute approximate surface area is 214 Å². The average molecular weight is 490 g/mol. The lowest BCUT2D eigenvalue weighted by atomic mass is 9.78. The first-order valence-electron chi connectivity index (χ1n) is 12.2. The molecule has 2 heterocycles. The maximum atomic E-state index is 13.6. The number of aryl methyl sites for hydroxylation is 3. The van der Waals surface area contributed by atoms with E-state index in [1.165, 1.54) is 16.2 Å². The van der Waals surface area contributed by atoms with Crippen molar-refractivity contribution in [1.82, 2.24) is 5.32 Å². The standard InChI is InChI=1S/C29H35N3O2S/c1-16(2)32-25-12-19(5)21(13-23(25)20(6)15-29(32,7)8)14-24-26(33)30-28(35)31(27(24)34)22-10-17(3)9-18(4)11-22/h9-14,16,20H,15H2,1-8H3,(H,30,33,35)/b24-14+/t20-/m1/s1. The molecule has 6 heteroatoms. The third-order valence-electron chi connectivity index (χ3n) is 7.05. The molecule has 0 bridgehead atoms. The highest BCUT2D eigenvalue weighted by Gasteiger charge is 2.38. The van der Waals surface area contributed by atoms with Gasteiger partial charge in [-0.3, -0.25) is 19.8 Å². The van der Waals surface area contributed by atoms with Crippen molar-refractivity contribution in [3.63, 3.8) is 0 Å². The lowest BCUT2D eigenvalue weighted by Crippen LogP contribution is -2.54. The van der Waals surface area contributed by atoms with Gasteiger partial charge in [0.25, 0.3) is 11.8 Å². The first-order valence-corrected chi connectivity index (χ1v) is 12.6.